The van der Waals surface area contributed by atoms with Gasteiger partial charge < -0.3 is 25.4 Å². The maximum Gasteiger partial charge on any atom is 0.321 e. The van der Waals surface area contributed by atoms with Gasteiger partial charge in [-0.05, 0) is 55.0 Å². The predicted molar refractivity (Wildman–Crippen MR) is 158 cm³/mol. The van der Waals surface area contributed by atoms with Crippen molar-refractivity contribution in [2.75, 3.05) is 25.6 Å². The number of ether oxygens (including phenoxy) is 2. The normalized spacial score (nSPS) is 18.2. The SMILES string of the molecule is COC(=O)[C@@]1(C)C[C@@H](COc2ccc(-c3ccc(C(=N)N)cc3)cc2NC(C)=O)N(CCCc2ccccc2)C1=O. The number of aryl methyl sites for hydroxylation is 1. The van der Waals surface area contributed by atoms with E-state index >= 15 is 0 Å². The zero-order valence-corrected chi connectivity index (χ0v) is 23.6. The molecule has 4 N–H and O–H groups in total. The van der Waals surface area contributed by atoms with Gasteiger partial charge in [0.25, 0.3) is 0 Å². The summed E-state index contributed by atoms with van der Waals surface area (Å²) in [5.74, 6) is -0.639. The summed E-state index contributed by atoms with van der Waals surface area (Å²) >= 11 is 0. The number of nitrogen functional groups attached to an aromatic ring is 1. The maximum atomic E-state index is 13.5. The van der Waals surface area contributed by atoms with E-state index in [4.69, 9.17) is 20.6 Å². The molecule has 1 aliphatic rings. The number of benzene rings is 3. The highest BCUT2D eigenvalue weighted by molar-refractivity contribution is 6.04. The molecule has 0 aromatic heterocycles. The summed E-state index contributed by atoms with van der Waals surface area (Å²) in [6, 6.07) is 22.4. The molecule has 0 bridgehead atoms. The first-order valence-corrected chi connectivity index (χ1v) is 13.5. The molecule has 0 unspecified atom stereocenters. The van der Waals surface area contributed by atoms with Crippen LogP contribution in [0, 0.1) is 10.8 Å². The van der Waals surface area contributed by atoms with Crippen molar-refractivity contribution in [3.63, 3.8) is 0 Å². The summed E-state index contributed by atoms with van der Waals surface area (Å²) in [7, 11) is 1.29. The van der Waals surface area contributed by atoms with E-state index in [2.05, 4.69) is 17.4 Å². The molecular weight excluding hydrogens is 520 g/mol. The Balaban J connectivity index is 1.53. The zero-order chi connectivity index (χ0) is 29.6. The number of esters is 1. The molecule has 0 radical (unpaired) electrons. The standard InChI is InChI=1S/C32H36N4O5/c1-21(37)35-27-18-25(23-11-13-24(14-12-23)29(33)34)15-16-28(27)41-20-26-19-32(2,31(39)40-3)30(38)36(26)17-7-10-22-8-5-4-6-9-22/h4-6,8-9,11-16,18,26H,7,10,17,19-20H2,1-3H3,(H3,33,34)(H,35,37)/t26-,32-/m0/s1. The molecule has 1 saturated heterocycles. The summed E-state index contributed by atoms with van der Waals surface area (Å²) in [5, 5.41) is 10.4. The van der Waals surface area contributed by atoms with E-state index in [0.717, 1.165) is 24.0 Å². The van der Waals surface area contributed by atoms with Gasteiger partial charge in [0.1, 0.15) is 23.6 Å². The molecule has 214 valence electrons. The van der Waals surface area contributed by atoms with E-state index in [1.807, 2.05) is 42.5 Å². The second-order valence-corrected chi connectivity index (χ2v) is 10.5. The first-order valence-electron chi connectivity index (χ1n) is 13.5. The van der Waals surface area contributed by atoms with Crippen molar-refractivity contribution in [1.82, 2.24) is 4.90 Å². The lowest BCUT2D eigenvalue weighted by molar-refractivity contribution is -0.157. The Morgan fingerprint density at radius 2 is 1.76 bits per heavy atom. The highest BCUT2D eigenvalue weighted by Crippen LogP contribution is 2.38. The topological polar surface area (TPSA) is 135 Å². The van der Waals surface area contributed by atoms with Crippen LogP contribution < -0.4 is 15.8 Å². The number of anilines is 1. The third kappa shape index (κ3) is 6.74. The largest absolute Gasteiger partial charge is 0.489 e. The number of rotatable bonds is 11. The molecule has 2 atom stereocenters. The summed E-state index contributed by atoms with van der Waals surface area (Å²) in [6.45, 7) is 3.66. The minimum Gasteiger partial charge on any atom is -0.489 e. The molecule has 3 aromatic rings. The molecule has 9 heteroatoms. The van der Waals surface area contributed by atoms with Crippen LogP contribution in [-0.2, 0) is 25.5 Å². The number of nitrogens with zero attached hydrogens (tertiary/aromatic N) is 1. The second-order valence-electron chi connectivity index (χ2n) is 10.5. The monoisotopic (exact) mass is 556 g/mol. The first kappa shape index (κ1) is 29.3. The Hall–Kier alpha value is -4.66. The van der Waals surface area contributed by atoms with Crippen molar-refractivity contribution < 1.29 is 23.9 Å². The van der Waals surface area contributed by atoms with Crippen LogP contribution in [0.2, 0.25) is 0 Å². The molecule has 1 aliphatic heterocycles. The number of hydrogen-bond donors (Lipinski definition) is 3. The number of amidine groups is 1. The van der Waals surface area contributed by atoms with Crippen LogP contribution >= 0.6 is 0 Å². The van der Waals surface area contributed by atoms with Crippen LogP contribution in [0.1, 0.15) is 37.8 Å². The Morgan fingerprint density at radius 1 is 1.07 bits per heavy atom. The smallest absolute Gasteiger partial charge is 0.321 e. The number of nitrogens with two attached hydrogens (primary N) is 1. The van der Waals surface area contributed by atoms with Crippen molar-refractivity contribution in [2.24, 2.45) is 11.1 Å². The molecule has 1 fully saturated rings. The third-order valence-electron chi connectivity index (χ3n) is 7.41. The Morgan fingerprint density at radius 3 is 2.39 bits per heavy atom. The quantitative estimate of drug-likeness (QED) is 0.139. The van der Waals surface area contributed by atoms with Gasteiger partial charge in [0.05, 0.1) is 18.8 Å². The van der Waals surface area contributed by atoms with Gasteiger partial charge in [-0.15, -0.1) is 0 Å². The number of carbonyl (C=O) groups is 3. The van der Waals surface area contributed by atoms with Crippen molar-refractivity contribution in [3.05, 3.63) is 83.9 Å². The number of nitrogens with one attached hydrogen (secondary N) is 2. The lowest BCUT2D eigenvalue weighted by Gasteiger charge is -2.25. The zero-order valence-electron chi connectivity index (χ0n) is 23.6. The van der Waals surface area contributed by atoms with Gasteiger partial charge in [0, 0.05) is 19.0 Å². The van der Waals surface area contributed by atoms with Gasteiger partial charge in [-0.2, -0.15) is 0 Å². The van der Waals surface area contributed by atoms with E-state index in [-0.39, 0.29) is 36.7 Å². The number of amides is 2. The number of likely N-dealkylation sites (tertiary alicyclic amines) is 1. The number of carbonyl (C=O) groups excluding carboxylic acids is 3. The van der Waals surface area contributed by atoms with E-state index in [9.17, 15) is 14.4 Å². The van der Waals surface area contributed by atoms with Crippen molar-refractivity contribution >= 4 is 29.3 Å². The summed E-state index contributed by atoms with van der Waals surface area (Å²) in [4.78, 5) is 39.8. The molecule has 0 spiro atoms. The molecule has 2 amide bonds. The van der Waals surface area contributed by atoms with Crippen LogP contribution in [0.25, 0.3) is 11.1 Å². The van der Waals surface area contributed by atoms with Gasteiger partial charge in [-0.25, -0.2) is 0 Å². The van der Waals surface area contributed by atoms with Crippen LogP contribution in [0.5, 0.6) is 5.75 Å². The minimum absolute atomic E-state index is 0.0120. The third-order valence-corrected chi connectivity index (χ3v) is 7.41. The van der Waals surface area contributed by atoms with Gasteiger partial charge >= 0.3 is 5.97 Å². The van der Waals surface area contributed by atoms with Crippen molar-refractivity contribution in [1.29, 1.82) is 5.41 Å². The van der Waals surface area contributed by atoms with Crippen LogP contribution in [-0.4, -0.2) is 54.8 Å². The Bertz CT molecular complexity index is 1420. The van der Waals surface area contributed by atoms with Gasteiger partial charge in [0.15, 0.2) is 0 Å². The van der Waals surface area contributed by atoms with E-state index in [1.54, 1.807) is 30.0 Å². The molecule has 9 nitrogen and oxygen atoms in total. The fourth-order valence-electron chi connectivity index (χ4n) is 5.23. The lowest BCUT2D eigenvalue weighted by Crippen LogP contribution is -2.41. The summed E-state index contributed by atoms with van der Waals surface area (Å²) in [5.41, 5.74) is 8.29. The second kappa shape index (κ2) is 12.7. The fraction of sp³-hybridized carbons (Fsp3) is 0.312. The number of methoxy groups -OCH3 is 1. The van der Waals surface area contributed by atoms with Crippen molar-refractivity contribution in [2.45, 2.75) is 39.2 Å². The van der Waals surface area contributed by atoms with E-state index < -0.39 is 11.4 Å². The molecule has 4 rings (SSSR count). The molecule has 0 saturated carbocycles. The van der Waals surface area contributed by atoms with Gasteiger partial charge in [-0.3, -0.25) is 19.8 Å². The average molecular weight is 557 g/mol. The van der Waals surface area contributed by atoms with Gasteiger partial charge in [0.2, 0.25) is 11.8 Å². The summed E-state index contributed by atoms with van der Waals surface area (Å²) < 4.78 is 11.2. The van der Waals surface area contributed by atoms with Crippen molar-refractivity contribution in [3.8, 4) is 16.9 Å². The fourth-order valence-corrected chi connectivity index (χ4v) is 5.23. The molecular formula is C32H36N4O5. The highest BCUT2D eigenvalue weighted by atomic mass is 16.5. The van der Waals surface area contributed by atoms with E-state index in [0.29, 0.717) is 23.5 Å². The minimum atomic E-state index is -1.29. The Kier molecular flexibility index (Phi) is 9.07. The lowest BCUT2D eigenvalue weighted by atomic mass is 9.87. The van der Waals surface area contributed by atoms with Crippen LogP contribution in [0.15, 0.2) is 72.8 Å². The summed E-state index contributed by atoms with van der Waals surface area (Å²) in [6.07, 6.45) is 1.80. The number of hydrogen-bond acceptors (Lipinski definition) is 6. The molecule has 1 heterocycles. The molecule has 3 aromatic carbocycles. The average Bonchev–Trinajstić information content (AvgIpc) is 3.21. The molecule has 41 heavy (non-hydrogen) atoms. The maximum absolute atomic E-state index is 13.5. The van der Waals surface area contributed by atoms with Crippen LogP contribution in [0.4, 0.5) is 5.69 Å². The van der Waals surface area contributed by atoms with E-state index in [1.165, 1.54) is 19.6 Å². The highest BCUT2D eigenvalue weighted by Gasteiger charge is 2.54. The Labute approximate surface area is 240 Å². The van der Waals surface area contributed by atoms with Gasteiger partial charge in [-0.1, -0.05) is 60.7 Å². The first-order chi connectivity index (χ1) is 19.6. The predicted octanol–water partition coefficient (Wildman–Crippen LogP) is 4.39. The molecule has 0 aliphatic carbocycles. The van der Waals surface area contributed by atoms with Crippen LogP contribution in [0.3, 0.4) is 0 Å².